The number of nitrogens with one attached hydrogen (secondary N) is 1. The minimum atomic E-state index is -0.851. The fourth-order valence-electron chi connectivity index (χ4n) is 5.13. The lowest BCUT2D eigenvalue weighted by molar-refractivity contribution is 0.142. The number of pyridine rings is 2. The van der Waals surface area contributed by atoms with Gasteiger partial charge < -0.3 is 4.74 Å². The Morgan fingerprint density at radius 1 is 1.29 bits per heavy atom. The van der Waals surface area contributed by atoms with Crippen molar-refractivity contribution >= 4 is 17.8 Å². The number of nitrogens with zero attached hydrogens (tertiary/aromatic N) is 5. The van der Waals surface area contributed by atoms with Gasteiger partial charge in [-0.1, -0.05) is 13.0 Å². The molecule has 0 amide bonds. The van der Waals surface area contributed by atoms with Crippen LogP contribution in [0.3, 0.4) is 0 Å². The lowest BCUT2D eigenvalue weighted by atomic mass is 9.91. The SMILES string of the molecule is C=Nn1c(C(C)c2cnc3c(c2)CC(F)CC3)nc2c(ccc(=O)n2C2CCCOCC2)c1=N. The van der Waals surface area contributed by atoms with Crippen LogP contribution in [0.25, 0.3) is 11.0 Å². The molecule has 3 aromatic rings. The van der Waals surface area contributed by atoms with Gasteiger partial charge >= 0.3 is 0 Å². The number of aryl methyl sites for hydroxylation is 1. The predicted molar refractivity (Wildman–Crippen MR) is 127 cm³/mol. The van der Waals surface area contributed by atoms with Crippen LogP contribution in [-0.4, -0.2) is 45.3 Å². The fourth-order valence-corrected chi connectivity index (χ4v) is 5.13. The van der Waals surface area contributed by atoms with Gasteiger partial charge in [0.25, 0.3) is 5.56 Å². The van der Waals surface area contributed by atoms with E-state index in [4.69, 9.17) is 15.1 Å². The van der Waals surface area contributed by atoms with Gasteiger partial charge in [0.1, 0.15) is 17.6 Å². The number of hydrogen-bond acceptors (Lipinski definition) is 6. The number of hydrogen-bond donors (Lipinski definition) is 1. The van der Waals surface area contributed by atoms with Gasteiger partial charge in [-0.15, -0.1) is 0 Å². The van der Waals surface area contributed by atoms with E-state index in [1.165, 1.54) is 10.7 Å². The van der Waals surface area contributed by atoms with Crippen molar-refractivity contribution < 1.29 is 9.13 Å². The van der Waals surface area contributed by atoms with E-state index in [9.17, 15) is 9.18 Å². The van der Waals surface area contributed by atoms with E-state index in [2.05, 4.69) is 16.8 Å². The molecule has 0 bridgehead atoms. The molecule has 178 valence electrons. The molecule has 0 radical (unpaired) electrons. The summed E-state index contributed by atoms with van der Waals surface area (Å²) in [5, 5.41) is 13.4. The van der Waals surface area contributed by atoms with Gasteiger partial charge in [-0.2, -0.15) is 5.10 Å². The summed E-state index contributed by atoms with van der Waals surface area (Å²) in [5.74, 6) is 0.198. The molecule has 1 aliphatic carbocycles. The maximum absolute atomic E-state index is 14.0. The van der Waals surface area contributed by atoms with Crippen LogP contribution >= 0.6 is 0 Å². The smallest absolute Gasteiger partial charge is 0.252 e. The molecule has 3 aromatic heterocycles. The molecule has 5 rings (SSSR count). The summed E-state index contributed by atoms with van der Waals surface area (Å²) in [6.07, 6.45) is 4.85. The van der Waals surface area contributed by atoms with Crippen LogP contribution in [0.2, 0.25) is 0 Å². The minimum absolute atomic E-state index is 0.0480. The lowest BCUT2D eigenvalue weighted by Crippen LogP contribution is -2.31. The Kier molecular flexibility index (Phi) is 6.12. The second-order valence-electron chi connectivity index (χ2n) is 9.18. The first-order chi connectivity index (χ1) is 16.5. The zero-order valence-electron chi connectivity index (χ0n) is 19.3. The highest BCUT2D eigenvalue weighted by Gasteiger charge is 2.25. The zero-order chi connectivity index (χ0) is 23.8. The van der Waals surface area contributed by atoms with Crippen molar-refractivity contribution in [2.45, 2.75) is 63.6 Å². The molecule has 2 aliphatic rings. The van der Waals surface area contributed by atoms with Gasteiger partial charge in [0.15, 0.2) is 5.49 Å². The number of alkyl halides is 1. The summed E-state index contributed by atoms with van der Waals surface area (Å²) in [4.78, 5) is 22.5. The highest BCUT2D eigenvalue weighted by molar-refractivity contribution is 5.73. The van der Waals surface area contributed by atoms with Crippen molar-refractivity contribution in [1.29, 1.82) is 5.41 Å². The highest BCUT2D eigenvalue weighted by atomic mass is 19.1. The molecule has 34 heavy (non-hydrogen) atoms. The molecule has 9 heteroatoms. The Bertz CT molecular complexity index is 1360. The molecule has 3 unspecified atom stereocenters. The molecule has 1 aliphatic heterocycles. The molecule has 1 N–H and O–H groups in total. The maximum Gasteiger partial charge on any atom is 0.252 e. The van der Waals surface area contributed by atoms with E-state index in [0.29, 0.717) is 55.8 Å². The molecule has 0 aromatic carbocycles. The minimum Gasteiger partial charge on any atom is -0.381 e. The van der Waals surface area contributed by atoms with Crippen LogP contribution in [-0.2, 0) is 17.6 Å². The first-order valence-electron chi connectivity index (χ1n) is 11.9. The number of fused-ring (bicyclic) bond motifs is 2. The van der Waals surface area contributed by atoms with Gasteiger partial charge in [0.05, 0.1) is 5.39 Å². The largest absolute Gasteiger partial charge is 0.381 e. The Balaban J connectivity index is 1.67. The number of aromatic nitrogens is 4. The number of ether oxygens (including phenoxy) is 1. The van der Waals surface area contributed by atoms with Crippen LogP contribution in [0.1, 0.15) is 67.2 Å². The normalized spacial score (nSPS) is 21.6. The van der Waals surface area contributed by atoms with Crippen molar-refractivity contribution in [1.82, 2.24) is 19.2 Å². The van der Waals surface area contributed by atoms with Crippen molar-refractivity contribution in [3.8, 4) is 0 Å². The van der Waals surface area contributed by atoms with Crippen LogP contribution < -0.4 is 11.0 Å². The van der Waals surface area contributed by atoms with Crippen molar-refractivity contribution in [3.63, 3.8) is 0 Å². The van der Waals surface area contributed by atoms with Crippen molar-refractivity contribution in [3.05, 3.63) is 62.9 Å². The van der Waals surface area contributed by atoms with Gasteiger partial charge in [-0.05, 0) is 49.3 Å². The van der Waals surface area contributed by atoms with E-state index in [-0.39, 0.29) is 23.0 Å². The summed E-state index contributed by atoms with van der Waals surface area (Å²) in [7, 11) is 0. The summed E-state index contributed by atoms with van der Waals surface area (Å²) in [5.41, 5.74) is 3.18. The van der Waals surface area contributed by atoms with Crippen LogP contribution in [0.15, 0.2) is 34.3 Å². The fraction of sp³-hybridized carbons (Fsp3) is 0.480. The summed E-state index contributed by atoms with van der Waals surface area (Å²) < 4.78 is 22.7. The number of rotatable bonds is 4. The Morgan fingerprint density at radius 3 is 2.97 bits per heavy atom. The van der Waals surface area contributed by atoms with E-state index >= 15 is 0 Å². The quantitative estimate of drug-likeness (QED) is 0.599. The third-order valence-electron chi connectivity index (χ3n) is 7.04. The Hall–Kier alpha value is -3.20. The molecule has 1 fully saturated rings. The lowest BCUT2D eigenvalue weighted by Gasteiger charge is -2.23. The molecule has 3 atom stereocenters. The molecule has 0 spiro atoms. The Labute approximate surface area is 196 Å². The molecule has 1 saturated heterocycles. The van der Waals surface area contributed by atoms with Crippen LogP contribution in [0, 0.1) is 5.41 Å². The van der Waals surface area contributed by atoms with Crippen LogP contribution in [0.4, 0.5) is 4.39 Å². The van der Waals surface area contributed by atoms with Crippen LogP contribution in [0.5, 0.6) is 0 Å². The maximum atomic E-state index is 14.0. The van der Waals surface area contributed by atoms with Gasteiger partial charge in [0, 0.05) is 56.3 Å². The summed E-state index contributed by atoms with van der Waals surface area (Å²) in [6, 6.07) is 5.07. The third-order valence-corrected chi connectivity index (χ3v) is 7.04. The van der Waals surface area contributed by atoms with Gasteiger partial charge in [-0.3, -0.25) is 19.8 Å². The second-order valence-corrected chi connectivity index (χ2v) is 9.18. The molecule has 8 nitrogen and oxygen atoms in total. The van der Waals surface area contributed by atoms with E-state index in [0.717, 1.165) is 29.7 Å². The summed E-state index contributed by atoms with van der Waals surface area (Å²) >= 11 is 0. The zero-order valence-corrected chi connectivity index (χ0v) is 19.3. The molecule has 0 saturated carbocycles. The van der Waals surface area contributed by atoms with Gasteiger partial charge in [0.2, 0.25) is 0 Å². The first-order valence-corrected chi connectivity index (χ1v) is 11.9. The predicted octanol–water partition coefficient (Wildman–Crippen LogP) is 3.26. The monoisotopic (exact) mass is 464 g/mol. The molecule has 4 heterocycles. The highest BCUT2D eigenvalue weighted by Crippen LogP contribution is 2.29. The average Bonchev–Trinajstić information content (AvgIpc) is 3.12. The first kappa shape index (κ1) is 22.6. The Morgan fingerprint density at radius 2 is 2.15 bits per heavy atom. The third kappa shape index (κ3) is 3.98. The van der Waals surface area contributed by atoms with E-state index in [1.54, 1.807) is 16.8 Å². The topological polar surface area (TPSA) is 98.2 Å². The second kappa shape index (κ2) is 9.21. The molecular weight excluding hydrogens is 435 g/mol. The van der Waals surface area contributed by atoms with E-state index < -0.39 is 6.17 Å². The summed E-state index contributed by atoms with van der Waals surface area (Å²) in [6.45, 7) is 6.88. The number of halogens is 1. The standard InChI is InChI=1S/C25H29FN6O2/c1-15(17-12-16-13-18(26)5-7-21(16)29-14-17)24-30-25-20(23(27)32(24)28-2)6-8-22(33)31(25)19-4-3-10-34-11-9-19/h6,8,12,14-15,18-19,27H,2-5,7,9-11,13H2,1H3. The van der Waals surface area contributed by atoms with Crippen molar-refractivity contribution in [2.75, 3.05) is 13.2 Å². The van der Waals surface area contributed by atoms with Gasteiger partial charge in [-0.25, -0.2) is 14.1 Å². The van der Waals surface area contributed by atoms with E-state index in [1.807, 2.05) is 13.0 Å². The molecular formula is C25H29FN6O2. The average molecular weight is 465 g/mol. The van der Waals surface area contributed by atoms with Crippen molar-refractivity contribution in [2.24, 2.45) is 5.10 Å².